The van der Waals surface area contributed by atoms with Gasteiger partial charge in [0.15, 0.2) is 0 Å². The van der Waals surface area contributed by atoms with Gasteiger partial charge in [-0.3, -0.25) is 14.9 Å². The highest BCUT2D eigenvalue weighted by atomic mass is 35.5. The lowest BCUT2D eigenvalue weighted by Crippen LogP contribution is -2.16. The van der Waals surface area contributed by atoms with Gasteiger partial charge in [-0.2, -0.15) is 5.10 Å². The maximum absolute atomic E-state index is 12.6. The number of pyridine rings is 1. The van der Waals surface area contributed by atoms with Crippen LogP contribution in [0.25, 0.3) is 11.3 Å². The highest BCUT2D eigenvalue weighted by molar-refractivity contribution is 6.20. The van der Waals surface area contributed by atoms with Crippen LogP contribution in [0.4, 0.5) is 14.5 Å². The number of ether oxygens (including phenoxy) is 1. The van der Waals surface area contributed by atoms with E-state index in [1.165, 1.54) is 30.5 Å². The molecular formula is C17H13ClF2N4O2. The minimum atomic E-state index is -3.79. The van der Waals surface area contributed by atoms with Crippen molar-refractivity contribution in [2.45, 2.75) is 12.5 Å². The van der Waals surface area contributed by atoms with E-state index >= 15 is 0 Å². The molecule has 3 aromatic rings. The summed E-state index contributed by atoms with van der Waals surface area (Å²) in [7, 11) is 0. The summed E-state index contributed by atoms with van der Waals surface area (Å²) in [5.74, 6) is -0.517. The number of aromatic nitrogens is 3. The van der Waals surface area contributed by atoms with Gasteiger partial charge in [-0.15, -0.1) is 8.78 Å². The molecule has 0 atom stereocenters. The molecule has 1 aromatic carbocycles. The average Bonchev–Trinajstić information content (AvgIpc) is 3.10. The first-order valence-corrected chi connectivity index (χ1v) is 7.83. The number of alkyl halides is 3. The second-order valence-corrected chi connectivity index (χ2v) is 5.79. The van der Waals surface area contributed by atoms with Crippen LogP contribution in [0.3, 0.4) is 0 Å². The maximum Gasteiger partial charge on any atom is 0.487 e. The van der Waals surface area contributed by atoms with Crippen molar-refractivity contribution in [3.8, 4) is 17.0 Å². The second-order valence-electron chi connectivity index (χ2n) is 5.35. The molecule has 0 aliphatic rings. The third-order valence-corrected chi connectivity index (χ3v) is 3.56. The van der Waals surface area contributed by atoms with Crippen LogP contribution in [0.5, 0.6) is 5.75 Å². The SMILES string of the molecule is Cc1ncc(C(=O)Nc2ccc(OC(F)(F)Cl)cc2)cc1-c1ccn[nH]1. The Morgan fingerprint density at radius 2 is 2.00 bits per heavy atom. The molecule has 0 radical (unpaired) electrons. The van der Waals surface area contributed by atoms with Gasteiger partial charge >= 0.3 is 5.57 Å². The Morgan fingerprint density at radius 1 is 1.27 bits per heavy atom. The zero-order chi connectivity index (χ0) is 18.7. The van der Waals surface area contributed by atoms with Crippen LogP contribution in [0.1, 0.15) is 16.1 Å². The largest absolute Gasteiger partial charge is 0.487 e. The van der Waals surface area contributed by atoms with E-state index < -0.39 is 11.5 Å². The number of amides is 1. The molecule has 26 heavy (non-hydrogen) atoms. The van der Waals surface area contributed by atoms with Crippen LogP contribution in [0.2, 0.25) is 0 Å². The fourth-order valence-corrected chi connectivity index (χ4v) is 2.37. The summed E-state index contributed by atoms with van der Waals surface area (Å²) < 4.78 is 29.4. The van der Waals surface area contributed by atoms with Gasteiger partial charge in [0.25, 0.3) is 5.91 Å². The number of rotatable bonds is 5. The lowest BCUT2D eigenvalue weighted by Gasteiger charge is -2.11. The quantitative estimate of drug-likeness (QED) is 0.652. The summed E-state index contributed by atoms with van der Waals surface area (Å²) in [5, 5.41) is 9.37. The van der Waals surface area contributed by atoms with E-state index in [1.807, 2.05) is 6.92 Å². The van der Waals surface area contributed by atoms with E-state index in [2.05, 4.69) is 25.2 Å². The molecule has 2 heterocycles. The van der Waals surface area contributed by atoms with E-state index in [9.17, 15) is 13.6 Å². The molecule has 134 valence electrons. The van der Waals surface area contributed by atoms with Gasteiger partial charge in [0.1, 0.15) is 5.75 Å². The third kappa shape index (κ3) is 4.34. The van der Waals surface area contributed by atoms with Gasteiger partial charge in [-0.1, -0.05) is 0 Å². The fraction of sp³-hybridized carbons (Fsp3) is 0.118. The number of benzene rings is 1. The molecule has 0 aliphatic carbocycles. The summed E-state index contributed by atoms with van der Waals surface area (Å²) in [6, 6.07) is 8.86. The minimum Gasteiger partial charge on any atom is -0.420 e. The summed E-state index contributed by atoms with van der Waals surface area (Å²) >= 11 is 4.70. The van der Waals surface area contributed by atoms with Gasteiger partial charge in [-0.05, 0) is 43.3 Å². The van der Waals surface area contributed by atoms with Crippen molar-refractivity contribution < 1.29 is 18.3 Å². The van der Waals surface area contributed by atoms with Gasteiger partial charge in [0.05, 0.1) is 11.3 Å². The molecule has 3 rings (SSSR count). The molecular weight excluding hydrogens is 366 g/mol. The van der Waals surface area contributed by atoms with Gasteiger partial charge < -0.3 is 10.1 Å². The number of nitrogens with one attached hydrogen (secondary N) is 2. The van der Waals surface area contributed by atoms with Crippen molar-refractivity contribution in [3.63, 3.8) is 0 Å². The topological polar surface area (TPSA) is 79.9 Å². The summed E-state index contributed by atoms with van der Waals surface area (Å²) in [4.78, 5) is 16.6. The Kier molecular flexibility index (Phi) is 4.85. The molecule has 2 N–H and O–H groups in total. The predicted octanol–water partition coefficient (Wildman–Crippen LogP) is 4.20. The van der Waals surface area contributed by atoms with E-state index in [4.69, 9.17) is 11.6 Å². The number of carbonyl (C=O) groups excluding carboxylic acids is 1. The fourth-order valence-electron chi connectivity index (χ4n) is 2.28. The smallest absolute Gasteiger partial charge is 0.420 e. The van der Waals surface area contributed by atoms with Crippen molar-refractivity contribution in [2.75, 3.05) is 5.32 Å². The van der Waals surface area contributed by atoms with Crippen LogP contribution in [-0.2, 0) is 0 Å². The Bertz CT molecular complexity index is 910. The molecule has 0 fully saturated rings. The number of anilines is 1. The Morgan fingerprint density at radius 3 is 2.62 bits per heavy atom. The van der Waals surface area contributed by atoms with Crippen molar-refractivity contribution in [2.24, 2.45) is 0 Å². The van der Waals surface area contributed by atoms with Crippen molar-refractivity contribution in [1.29, 1.82) is 0 Å². The Balaban J connectivity index is 1.75. The molecule has 0 saturated carbocycles. The first-order chi connectivity index (χ1) is 12.3. The van der Waals surface area contributed by atoms with Gasteiger partial charge in [0.2, 0.25) is 0 Å². The zero-order valence-corrected chi connectivity index (χ0v) is 14.2. The maximum atomic E-state index is 12.6. The van der Waals surface area contributed by atoms with Crippen LogP contribution in [-0.4, -0.2) is 26.7 Å². The molecule has 6 nitrogen and oxygen atoms in total. The standard InChI is InChI=1S/C17H13ClF2N4O2/c1-10-14(15-6-7-22-24-15)8-11(9-21-10)16(25)23-12-2-4-13(5-3-12)26-17(18,19)20/h2-9H,1H3,(H,22,24)(H,23,25). The van der Waals surface area contributed by atoms with Gasteiger partial charge in [0, 0.05) is 40.9 Å². The molecule has 9 heteroatoms. The van der Waals surface area contributed by atoms with Crippen molar-refractivity contribution in [3.05, 3.63) is 60.0 Å². The van der Waals surface area contributed by atoms with E-state index in [1.54, 1.807) is 18.3 Å². The normalized spacial score (nSPS) is 11.2. The molecule has 0 aliphatic heterocycles. The number of halogens is 3. The Labute approximate surface area is 152 Å². The number of nitrogens with zero attached hydrogens (tertiary/aromatic N) is 2. The van der Waals surface area contributed by atoms with Gasteiger partial charge in [-0.25, -0.2) is 0 Å². The first-order valence-electron chi connectivity index (χ1n) is 7.45. The second kappa shape index (κ2) is 7.09. The van der Waals surface area contributed by atoms with Crippen LogP contribution in [0, 0.1) is 6.92 Å². The number of hydrogen-bond donors (Lipinski definition) is 2. The summed E-state index contributed by atoms with van der Waals surface area (Å²) in [5.41, 5.74) is -0.802. The zero-order valence-electron chi connectivity index (χ0n) is 13.5. The van der Waals surface area contributed by atoms with E-state index in [0.717, 1.165) is 17.0 Å². The summed E-state index contributed by atoms with van der Waals surface area (Å²) in [6.45, 7) is 1.82. The van der Waals surface area contributed by atoms with Crippen molar-refractivity contribution >= 4 is 23.2 Å². The molecule has 1 amide bonds. The van der Waals surface area contributed by atoms with Crippen LogP contribution < -0.4 is 10.1 Å². The van der Waals surface area contributed by atoms with Crippen molar-refractivity contribution in [1.82, 2.24) is 15.2 Å². The number of aryl methyl sites for hydroxylation is 1. The first kappa shape index (κ1) is 17.8. The number of aromatic amines is 1. The summed E-state index contributed by atoms with van der Waals surface area (Å²) in [6.07, 6.45) is 3.06. The highest BCUT2D eigenvalue weighted by Crippen LogP contribution is 2.26. The molecule has 0 saturated heterocycles. The lowest BCUT2D eigenvalue weighted by molar-refractivity contribution is -0.0964. The Hall–Kier alpha value is -3.00. The predicted molar refractivity (Wildman–Crippen MR) is 92.4 cm³/mol. The number of H-pyrrole nitrogens is 1. The van der Waals surface area contributed by atoms with Crippen LogP contribution >= 0.6 is 11.6 Å². The minimum absolute atomic E-state index is 0.124. The molecule has 2 aromatic heterocycles. The molecule has 0 bridgehead atoms. The molecule has 0 unspecified atom stereocenters. The van der Waals surface area contributed by atoms with Crippen LogP contribution in [0.15, 0.2) is 48.8 Å². The number of carbonyl (C=O) groups is 1. The monoisotopic (exact) mass is 378 g/mol. The lowest BCUT2D eigenvalue weighted by atomic mass is 10.1. The average molecular weight is 379 g/mol. The van der Waals surface area contributed by atoms with E-state index in [-0.39, 0.29) is 5.75 Å². The highest BCUT2D eigenvalue weighted by Gasteiger charge is 2.27. The number of hydrogen-bond acceptors (Lipinski definition) is 4. The van der Waals surface area contributed by atoms with E-state index in [0.29, 0.717) is 11.3 Å². The molecule has 0 spiro atoms. The third-order valence-electron chi connectivity index (χ3n) is 3.49.